The van der Waals surface area contributed by atoms with E-state index < -0.39 is 5.97 Å². The summed E-state index contributed by atoms with van der Waals surface area (Å²) in [6, 6.07) is 17.9. The Kier molecular flexibility index (Phi) is 6.94. The predicted molar refractivity (Wildman–Crippen MR) is 149 cm³/mol. The minimum atomic E-state index is -0.473. The molecule has 8 nitrogen and oxygen atoms in total. The molecule has 186 valence electrons. The molecular weight excluding hydrogens is 606 g/mol. The van der Waals surface area contributed by atoms with Crippen molar-refractivity contribution in [3.05, 3.63) is 85.5 Å². The van der Waals surface area contributed by atoms with Crippen molar-refractivity contribution < 1.29 is 18.7 Å². The van der Waals surface area contributed by atoms with Gasteiger partial charge in [-0.25, -0.2) is 4.98 Å². The highest BCUT2D eigenvalue weighted by atomic mass is 79.9. The molecular formula is C27H19Br2N3O5. The third-order valence-electron chi connectivity index (χ3n) is 5.35. The first-order chi connectivity index (χ1) is 17.8. The van der Waals surface area contributed by atoms with Crippen LogP contribution in [0.25, 0.3) is 33.5 Å². The Morgan fingerprint density at radius 1 is 1.14 bits per heavy atom. The second-order valence-electron chi connectivity index (χ2n) is 7.96. The molecule has 0 atom stereocenters. The van der Waals surface area contributed by atoms with E-state index in [0.29, 0.717) is 44.6 Å². The number of aromatic nitrogens is 2. The number of hydrogen-bond acceptors (Lipinski definition) is 7. The number of fused-ring (bicyclic) bond motifs is 2. The maximum absolute atomic E-state index is 13.5. The smallest absolute Gasteiger partial charge is 0.308 e. The SMILES string of the molecule is CCOc1cc(C=Nn2c(-c3cc4cc(Br)ccc4o3)nc3ccccc3c2=O)cc(Br)c1OC(C)=O. The fraction of sp³-hybridized carbons (Fsp3) is 0.111. The van der Waals surface area contributed by atoms with Gasteiger partial charge < -0.3 is 13.9 Å². The Morgan fingerprint density at radius 3 is 2.73 bits per heavy atom. The van der Waals surface area contributed by atoms with Gasteiger partial charge in [-0.15, -0.1) is 0 Å². The Bertz CT molecular complexity index is 1760. The molecule has 0 radical (unpaired) electrons. The van der Waals surface area contributed by atoms with E-state index in [1.54, 1.807) is 30.3 Å². The number of para-hydroxylation sites is 1. The van der Waals surface area contributed by atoms with E-state index in [4.69, 9.17) is 18.9 Å². The number of esters is 1. The maximum Gasteiger partial charge on any atom is 0.308 e. The zero-order chi connectivity index (χ0) is 26.1. The third kappa shape index (κ3) is 5.07. The first-order valence-corrected chi connectivity index (χ1v) is 12.8. The van der Waals surface area contributed by atoms with Gasteiger partial charge in [0.05, 0.1) is 28.2 Å². The maximum atomic E-state index is 13.5. The summed E-state index contributed by atoms with van der Waals surface area (Å²) in [5, 5.41) is 5.76. The molecule has 0 spiro atoms. The van der Waals surface area contributed by atoms with Crippen LogP contribution < -0.4 is 15.0 Å². The van der Waals surface area contributed by atoms with Gasteiger partial charge >= 0.3 is 5.97 Å². The molecule has 0 fully saturated rings. The highest BCUT2D eigenvalue weighted by Crippen LogP contribution is 2.37. The number of furan rings is 1. The quantitative estimate of drug-likeness (QED) is 0.121. The minimum Gasteiger partial charge on any atom is -0.490 e. The van der Waals surface area contributed by atoms with Crippen molar-refractivity contribution in [3.63, 3.8) is 0 Å². The summed E-state index contributed by atoms with van der Waals surface area (Å²) >= 11 is 6.90. The number of benzene rings is 3. The molecule has 0 aliphatic rings. The second-order valence-corrected chi connectivity index (χ2v) is 9.73. The molecule has 5 rings (SSSR count). The number of nitrogens with zero attached hydrogens (tertiary/aromatic N) is 3. The first-order valence-electron chi connectivity index (χ1n) is 11.2. The van der Waals surface area contributed by atoms with Gasteiger partial charge in [-0.05, 0) is 76.9 Å². The molecule has 37 heavy (non-hydrogen) atoms. The highest BCUT2D eigenvalue weighted by molar-refractivity contribution is 9.10. The Morgan fingerprint density at radius 2 is 1.95 bits per heavy atom. The Labute approximate surface area is 227 Å². The van der Waals surface area contributed by atoms with Gasteiger partial charge in [0, 0.05) is 16.8 Å². The molecule has 3 aromatic carbocycles. The highest BCUT2D eigenvalue weighted by Gasteiger charge is 2.17. The van der Waals surface area contributed by atoms with E-state index >= 15 is 0 Å². The monoisotopic (exact) mass is 623 g/mol. The lowest BCUT2D eigenvalue weighted by molar-refractivity contribution is -0.132. The summed E-state index contributed by atoms with van der Waals surface area (Å²) in [5.41, 5.74) is 1.44. The van der Waals surface area contributed by atoms with Crippen LogP contribution in [-0.2, 0) is 4.79 Å². The summed E-state index contributed by atoms with van der Waals surface area (Å²) in [4.78, 5) is 29.7. The zero-order valence-corrected chi connectivity index (χ0v) is 22.9. The van der Waals surface area contributed by atoms with Crippen LogP contribution >= 0.6 is 31.9 Å². The second kappa shape index (κ2) is 10.3. The summed E-state index contributed by atoms with van der Waals surface area (Å²) in [6.45, 7) is 3.50. The van der Waals surface area contributed by atoms with Gasteiger partial charge in [0.15, 0.2) is 17.3 Å². The van der Waals surface area contributed by atoms with E-state index in [9.17, 15) is 9.59 Å². The van der Waals surface area contributed by atoms with Gasteiger partial charge in [-0.3, -0.25) is 9.59 Å². The third-order valence-corrected chi connectivity index (χ3v) is 6.43. The van der Waals surface area contributed by atoms with Gasteiger partial charge in [0.1, 0.15) is 5.58 Å². The van der Waals surface area contributed by atoms with Crippen molar-refractivity contribution in [2.75, 3.05) is 6.61 Å². The predicted octanol–water partition coefficient (Wildman–Crippen LogP) is 6.54. The van der Waals surface area contributed by atoms with Gasteiger partial charge in [-0.1, -0.05) is 28.1 Å². The summed E-state index contributed by atoms with van der Waals surface area (Å²) in [7, 11) is 0. The molecule has 0 N–H and O–H groups in total. The van der Waals surface area contributed by atoms with Crippen LogP contribution in [0, 0.1) is 0 Å². The van der Waals surface area contributed by atoms with E-state index in [-0.39, 0.29) is 17.1 Å². The number of ether oxygens (including phenoxy) is 2. The molecule has 10 heteroatoms. The van der Waals surface area contributed by atoms with Crippen molar-refractivity contribution in [1.82, 2.24) is 9.66 Å². The number of carbonyl (C=O) groups is 1. The molecule has 0 aliphatic heterocycles. The average molecular weight is 625 g/mol. The lowest BCUT2D eigenvalue weighted by Crippen LogP contribution is -2.20. The normalized spacial score (nSPS) is 11.5. The topological polar surface area (TPSA) is 95.9 Å². The van der Waals surface area contributed by atoms with Gasteiger partial charge in [0.25, 0.3) is 5.56 Å². The van der Waals surface area contributed by atoms with Gasteiger partial charge in [-0.2, -0.15) is 9.78 Å². The molecule has 0 unspecified atom stereocenters. The number of halogens is 2. The van der Waals surface area contributed by atoms with Crippen LogP contribution in [0.3, 0.4) is 0 Å². The molecule has 0 aliphatic carbocycles. The largest absolute Gasteiger partial charge is 0.490 e. The van der Waals surface area contributed by atoms with E-state index in [2.05, 4.69) is 37.0 Å². The van der Waals surface area contributed by atoms with Crippen molar-refractivity contribution in [1.29, 1.82) is 0 Å². The van der Waals surface area contributed by atoms with E-state index in [1.807, 2.05) is 37.3 Å². The van der Waals surface area contributed by atoms with Crippen LogP contribution in [0.2, 0.25) is 0 Å². The van der Waals surface area contributed by atoms with Crippen LogP contribution in [0.4, 0.5) is 0 Å². The summed E-state index contributed by atoms with van der Waals surface area (Å²) < 4.78 is 19.6. The fourth-order valence-electron chi connectivity index (χ4n) is 3.81. The van der Waals surface area contributed by atoms with Crippen molar-refractivity contribution in [2.24, 2.45) is 5.10 Å². The van der Waals surface area contributed by atoms with Crippen molar-refractivity contribution >= 4 is 65.9 Å². The van der Waals surface area contributed by atoms with Crippen LogP contribution in [-0.4, -0.2) is 28.5 Å². The van der Waals surface area contributed by atoms with Crippen LogP contribution in [0.15, 0.2) is 83.9 Å². The van der Waals surface area contributed by atoms with Crippen LogP contribution in [0.5, 0.6) is 11.5 Å². The Hall–Kier alpha value is -3.76. The minimum absolute atomic E-state index is 0.257. The Balaban J connectivity index is 1.66. The molecule has 2 aromatic heterocycles. The fourth-order valence-corrected chi connectivity index (χ4v) is 4.73. The van der Waals surface area contributed by atoms with E-state index in [0.717, 1.165) is 9.86 Å². The number of rotatable bonds is 6. The summed E-state index contributed by atoms with van der Waals surface area (Å²) in [6.07, 6.45) is 1.51. The molecule has 0 saturated heterocycles. The lowest BCUT2D eigenvalue weighted by Gasteiger charge is -2.12. The van der Waals surface area contributed by atoms with Crippen molar-refractivity contribution in [2.45, 2.75) is 13.8 Å². The zero-order valence-electron chi connectivity index (χ0n) is 19.7. The molecule has 0 amide bonds. The molecule has 0 bridgehead atoms. The lowest BCUT2D eigenvalue weighted by atomic mass is 10.2. The number of carbonyl (C=O) groups excluding carboxylic acids is 1. The van der Waals surface area contributed by atoms with Gasteiger partial charge in [0.2, 0.25) is 5.82 Å². The molecule has 5 aromatic rings. The van der Waals surface area contributed by atoms with E-state index in [1.165, 1.54) is 17.8 Å². The standard InChI is InChI=1S/C27H19Br2N3O5/c1-3-35-23-11-16(10-20(29)25(23)36-15(2)33)14-30-32-26(31-21-7-5-4-6-19(21)27(32)34)24-13-17-12-18(28)8-9-22(17)37-24/h4-14H,3H2,1-2H3. The summed E-state index contributed by atoms with van der Waals surface area (Å²) in [5.74, 6) is 0.813. The molecule has 0 saturated carbocycles. The van der Waals surface area contributed by atoms with Crippen LogP contribution in [0.1, 0.15) is 19.4 Å². The average Bonchev–Trinajstić information content (AvgIpc) is 3.28. The van der Waals surface area contributed by atoms with Crippen molar-refractivity contribution in [3.8, 4) is 23.1 Å². The molecule has 2 heterocycles. The first kappa shape index (κ1) is 24.9. The number of hydrogen-bond donors (Lipinski definition) is 0.